The lowest BCUT2D eigenvalue weighted by Gasteiger charge is -2.04. The largest absolute Gasteiger partial charge is 0.507 e. The minimum Gasteiger partial charge on any atom is -0.507 e. The molecule has 0 fully saturated rings. The fourth-order valence-electron chi connectivity index (χ4n) is 1.84. The molecule has 0 bridgehead atoms. The van der Waals surface area contributed by atoms with Crippen molar-refractivity contribution in [3.63, 3.8) is 0 Å². The van der Waals surface area contributed by atoms with Gasteiger partial charge >= 0.3 is 0 Å². The summed E-state index contributed by atoms with van der Waals surface area (Å²) in [6.45, 7) is 2.00. The Labute approximate surface area is 130 Å². The highest BCUT2D eigenvalue weighted by atomic mass is 16.5. The van der Waals surface area contributed by atoms with Crippen LogP contribution in [0.3, 0.4) is 0 Å². The summed E-state index contributed by atoms with van der Waals surface area (Å²) in [7, 11) is 0. The van der Waals surface area contributed by atoms with Crippen molar-refractivity contribution in [1.29, 1.82) is 0 Å². The van der Waals surface area contributed by atoms with Crippen LogP contribution in [0.15, 0.2) is 66.9 Å². The van der Waals surface area contributed by atoms with Gasteiger partial charge in [0.05, 0.1) is 11.8 Å². The van der Waals surface area contributed by atoms with Crippen LogP contribution in [0.4, 0.5) is 0 Å². The van der Waals surface area contributed by atoms with Gasteiger partial charge < -0.3 is 9.84 Å². The molecule has 2 aromatic carbocycles. The van der Waals surface area contributed by atoms with E-state index in [1.165, 1.54) is 12.1 Å². The van der Waals surface area contributed by atoms with E-state index in [2.05, 4.69) is 0 Å². The Morgan fingerprint density at radius 1 is 1.18 bits per heavy atom. The fourth-order valence-corrected chi connectivity index (χ4v) is 1.84. The molecule has 2 aromatic rings. The van der Waals surface area contributed by atoms with Crippen LogP contribution < -0.4 is 4.74 Å². The van der Waals surface area contributed by atoms with Crippen LogP contribution in [0.25, 0.3) is 6.08 Å². The molecule has 0 aromatic heterocycles. The molecule has 0 unspecified atom stereocenters. The van der Waals surface area contributed by atoms with Crippen LogP contribution in [-0.4, -0.2) is 10.9 Å². The number of phenolic OH excluding ortho intramolecular Hbond substituents is 1. The lowest BCUT2D eigenvalue weighted by atomic mass is 10.1. The van der Waals surface area contributed by atoms with E-state index in [1.807, 2.05) is 43.3 Å². The number of hydrogen-bond acceptors (Lipinski definition) is 3. The lowest BCUT2D eigenvalue weighted by Crippen LogP contribution is -1.95. The smallest absolute Gasteiger partial charge is 0.189 e. The molecule has 112 valence electrons. The van der Waals surface area contributed by atoms with Gasteiger partial charge in [0.15, 0.2) is 5.78 Å². The van der Waals surface area contributed by atoms with E-state index in [1.54, 1.807) is 24.5 Å². The van der Waals surface area contributed by atoms with Crippen LogP contribution in [0.5, 0.6) is 11.5 Å². The Morgan fingerprint density at radius 3 is 2.64 bits per heavy atom. The van der Waals surface area contributed by atoms with Gasteiger partial charge in [-0.3, -0.25) is 4.79 Å². The van der Waals surface area contributed by atoms with Crippen molar-refractivity contribution in [2.75, 3.05) is 0 Å². The molecular formula is C19H18O3. The fraction of sp³-hybridized carbons (Fsp3) is 0.105. The predicted molar refractivity (Wildman–Crippen MR) is 88.0 cm³/mol. The van der Waals surface area contributed by atoms with Crippen LogP contribution in [0.2, 0.25) is 0 Å². The maximum absolute atomic E-state index is 12.1. The van der Waals surface area contributed by atoms with Gasteiger partial charge in [-0.15, -0.1) is 0 Å². The minimum absolute atomic E-state index is 0.0925. The van der Waals surface area contributed by atoms with E-state index >= 15 is 0 Å². The van der Waals surface area contributed by atoms with Crippen molar-refractivity contribution in [3.8, 4) is 11.5 Å². The van der Waals surface area contributed by atoms with Gasteiger partial charge in [-0.05, 0) is 36.3 Å². The second-order valence-electron chi connectivity index (χ2n) is 4.69. The highest BCUT2D eigenvalue weighted by Gasteiger charge is 2.09. The predicted octanol–water partition coefficient (Wildman–Crippen LogP) is 4.59. The summed E-state index contributed by atoms with van der Waals surface area (Å²) in [5.74, 6) is 0.146. The third-order valence-electron chi connectivity index (χ3n) is 3.00. The van der Waals surface area contributed by atoms with Crippen LogP contribution in [0.1, 0.15) is 29.3 Å². The van der Waals surface area contributed by atoms with Crippen molar-refractivity contribution >= 4 is 11.9 Å². The summed E-state index contributed by atoms with van der Waals surface area (Å²) in [4.78, 5) is 12.1. The van der Waals surface area contributed by atoms with Crippen molar-refractivity contribution in [2.24, 2.45) is 0 Å². The molecule has 1 N–H and O–H groups in total. The molecule has 3 heteroatoms. The average Bonchev–Trinajstić information content (AvgIpc) is 2.54. The molecule has 0 radical (unpaired) electrons. The zero-order valence-electron chi connectivity index (χ0n) is 12.4. The highest BCUT2D eigenvalue weighted by Crippen LogP contribution is 2.24. The number of allylic oxidation sites excluding steroid dienone is 2. The third kappa shape index (κ3) is 4.35. The summed E-state index contributed by atoms with van der Waals surface area (Å²) in [5, 5.41) is 9.96. The molecule has 0 aliphatic heterocycles. The van der Waals surface area contributed by atoms with Gasteiger partial charge in [0.25, 0.3) is 0 Å². The van der Waals surface area contributed by atoms with Gasteiger partial charge in [0.2, 0.25) is 0 Å². The molecule has 0 heterocycles. The van der Waals surface area contributed by atoms with E-state index in [4.69, 9.17) is 4.74 Å². The number of aromatic hydroxyl groups is 1. The zero-order chi connectivity index (χ0) is 15.8. The quantitative estimate of drug-likeness (QED) is 0.481. The Kier molecular flexibility index (Phi) is 5.55. The Balaban J connectivity index is 2.10. The average molecular weight is 294 g/mol. The van der Waals surface area contributed by atoms with Gasteiger partial charge in [-0.1, -0.05) is 43.3 Å². The first-order valence-electron chi connectivity index (χ1n) is 7.13. The highest BCUT2D eigenvalue weighted by molar-refractivity contribution is 6.08. The third-order valence-corrected chi connectivity index (χ3v) is 3.00. The minimum atomic E-state index is -0.253. The maximum Gasteiger partial charge on any atom is 0.189 e. The van der Waals surface area contributed by atoms with Gasteiger partial charge in [0.1, 0.15) is 11.5 Å². The summed E-state index contributed by atoms with van der Waals surface area (Å²) < 4.78 is 5.32. The first kappa shape index (κ1) is 15.6. The first-order valence-corrected chi connectivity index (χ1v) is 7.13. The Morgan fingerprint density at radius 2 is 1.95 bits per heavy atom. The van der Waals surface area contributed by atoms with Crippen molar-refractivity contribution in [3.05, 3.63) is 78.1 Å². The SMILES string of the molecule is CC/C=C/Oc1ccc(C(=O)/C=C/c2ccccc2)c(O)c1. The van der Waals surface area contributed by atoms with Gasteiger partial charge in [0, 0.05) is 6.07 Å². The molecular weight excluding hydrogens is 276 g/mol. The van der Waals surface area contributed by atoms with E-state index in [-0.39, 0.29) is 17.1 Å². The Bertz CT molecular complexity index is 685. The number of carbonyl (C=O) groups is 1. The van der Waals surface area contributed by atoms with Crippen LogP contribution in [-0.2, 0) is 0 Å². The van der Waals surface area contributed by atoms with Crippen LogP contribution >= 0.6 is 0 Å². The zero-order valence-corrected chi connectivity index (χ0v) is 12.4. The molecule has 0 spiro atoms. The number of carbonyl (C=O) groups excluding carboxylic acids is 1. The molecule has 3 nitrogen and oxygen atoms in total. The van der Waals surface area contributed by atoms with Crippen molar-refractivity contribution in [1.82, 2.24) is 0 Å². The van der Waals surface area contributed by atoms with Gasteiger partial charge in [-0.25, -0.2) is 0 Å². The van der Waals surface area contributed by atoms with E-state index < -0.39 is 0 Å². The number of ether oxygens (including phenoxy) is 1. The van der Waals surface area contributed by atoms with Crippen molar-refractivity contribution < 1.29 is 14.6 Å². The summed E-state index contributed by atoms with van der Waals surface area (Å²) in [6, 6.07) is 14.2. The molecule has 0 saturated carbocycles. The summed E-state index contributed by atoms with van der Waals surface area (Å²) >= 11 is 0. The number of rotatable bonds is 6. The summed E-state index contributed by atoms with van der Waals surface area (Å²) in [5.41, 5.74) is 1.18. The first-order chi connectivity index (χ1) is 10.7. The summed E-state index contributed by atoms with van der Waals surface area (Å²) in [6.07, 6.45) is 7.45. The topological polar surface area (TPSA) is 46.5 Å². The van der Waals surface area contributed by atoms with E-state index in [0.717, 1.165) is 12.0 Å². The molecule has 22 heavy (non-hydrogen) atoms. The second-order valence-corrected chi connectivity index (χ2v) is 4.69. The monoisotopic (exact) mass is 294 g/mol. The lowest BCUT2D eigenvalue weighted by molar-refractivity contribution is 0.104. The normalized spacial score (nSPS) is 11.1. The van der Waals surface area contributed by atoms with E-state index in [0.29, 0.717) is 5.75 Å². The molecule has 0 atom stereocenters. The van der Waals surface area contributed by atoms with Crippen molar-refractivity contribution in [2.45, 2.75) is 13.3 Å². The molecule has 2 rings (SSSR count). The molecule has 0 amide bonds. The second kappa shape index (κ2) is 7.84. The number of hydrogen-bond donors (Lipinski definition) is 1. The number of ketones is 1. The van der Waals surface area contributed by atoms with Crippen LogP contribution in [0, 0.1) is 0 Å². The Hall–Kier alpha value is -2.81. The number of phenols is 1. The number of benzene rings is 2. The maximum atomic E-state index is 12.1. The standard InChI is InChI=1S/C19H18O3/c1-2-3-13-22-16-10-11-17(19(21)14-16)18(20)12-9-15-7-5-4-6-8-15/h3-14,21H,2H2,1H3/b12-9+,13-3+. The van der Waals surface area contributed by atoms with E-state index in [9.17, 15) is 9.90 Å². The molecule has 0 aliphatic rings. The molecule has 0 aliphatic carbocycles. The molecule has 0 saturated heterocycles. The van der Waals surface area contributed by atoms with Gasteiger partial charge in [-0.2, -0.15) is 0 Å².